The largest absolute Gasteiger partial charge is 0.391 e. The van der Waals surface area contributed by atoms with E-state index >= 15 is 0 Å². The highest BCUT2D eigenvalue weighted by Crippen LogP contribution is 2.16. The molecule has 80 valence electrons. The van der Waals surface area contributed by atoms with Gasteiger partial charge in [0.15, 0.2) is 0 Å². The van der Waals surface area contributed by atoms with Crippen molar-refractivity contribution in [1.29, 1.82) is 0 Å². The van der Waals surface area contributed by atoms with Crippen molar-refractivity contribution in [3.63, 3.8) is 0 Å². The van der Waals surface area contributed by atoms with Gasteiger partial charge in [0, 0.05) is 13.1 Å². The zero-order valence-electron chi connectivity index (χ0n) is 8.81. The molecule has 1 aromatic rings. The van der Waals surface area contributed by atoms with Gasteiger partial charge in [0.05, 0.1) is 12.5 Å². The van der Waals surface area contributed by atoms with Gasteiger partial charge in [-0.05, 0) is 18.1 Å². The van der Waals surface area contributed by atoms with Crippen molar-refractivity contribution in [2.45, 2.75) is 26.0 Å². The lowest BCUT2D eigenvalue weighted by molar-refractivity contribution is -0.128. The number of carbonyl (C=O) groups is 1. The van der Waals surface area contributed by atoms with Gasteiger partial charge in [0.2, 0.25) is 5.91 Å². The van der Waals surface area contributed by atoms with Gasteiger partial charge in [-0.25, -0.2) is 0 Å². The molecule has 1 N–H and O–H groups in total. The van der Waals surface area contributed by atoms with Gasteiger partial charge in [0.25, 0.3) is 0 Å². The van der Waals surface area contributed by atoms with Gasteiger partial charge in [-0.3, -0.25) is 4.79 Å². The van der Waals surface area contributed by atoms with Crippen LogP contribution in [-0.4, -0.2) is 28.6 Å². The summed E-state index contributed by atoms with van der Waals surface area (Å²) in [5, 5.41) is 9.35. The predicted octanol–water partition coefficient (Wildman–Crippen LogP) is 1.09. The van der Waals surface area contributed by atoms with E-state index in [-0.39, 0.29) is 12.3 Å². The number of aliphatic hydroxyl groups is 1. The van der Waals surface area contributed by atoms with E-state index in [1.165, 1.54) is 5.56 Å². The van der Waals surface area contributed by atoms with Crippen molar-refractivity contribution in [1.82, 2.24) is 4.90 Å². The maximum atomic E-state index is 11.5. The second-order valence-electron chi connectivity index (χ2n) is 4.06. The van der Waals surface area contributed by atoms with Gasteiger partial charge in [-0.1, -0.05) is 24.3 Å². The Hall–Kier alpha value is -1.35. The number of likely N-dealkylation sites (tertiary alicyclic amines) is 1. The Balaban J connectivity index is 2.09. The summed E-state index contributed by atoms with van der Waals surface area (Å²) in [6, 6.07) is 8.01. The normalized spacial score (nSPS) is 21.1. The lowest BCUT2D eigenvalue weighted by Gasteiger charge is -2.16. The topological polar surface area (TPSA) is 40.5 Å². The molecule has 0 aromatic heterocycles. The number of hydrogen-bond acceptors (Lipinski definition) is 2. The van der Waals surface area contributed by atoms with Crippen LogP contribution in [0.2, 0.25) is 0 Å². The summed E-state index contributed by atoms with van der Waals surface area (Å²) < 4.78 is 0. The number of hydrogen-bond donors (Lipinski definition) is 1. The molecule has 3 nitrogen and oxygen atoms in total. The number of aliphatic hydroxyl groups excluding tert-OH is 1. The number of nitrogens with zero attached hydrogens (tertiary/aromatic N) is 1. The monoisotopic (exact) mass is 205 g/mol. The van der Waals surface area contributed by atoms with Crippen LogP contribution in [0.1, 0.15) is 17.5 Å². The van der Waals surface area contributed by atoms with Crippen molar-refractivity contribution in [3.05, 3.63) is 35.4 Å². The zero-order chi connectivity index (χ0) is 10.8. The molecule has 1 aliphatic rings. The molecule has 1 aliphatic heterocycles. The van der Waals surface area contributed by atoms with Crippen LogP contribution >= 0.6 is 0 Å². The van der Waals surface area contributed by atoms with Gasteiger partial charge >= 0.3 is 0 Å². The second-order valence-corrected chi connectivity index (χ2v) is 4.06. The highest BCUT2D eigenvalue weighted by atomic mass is 16.3. The Morgan fingerprint density at radius 1 is 1.47 bits per heavy atom. The van der Waals surface area contributed by atoms with E-state index < -0.39 is 6.10 Å². The molecule has 0 saturated carbocycles. The van der Waals surface area contributed by atoms with Crippen molar-refractivity contribution < 1.29 is 9.90 Å². The lowest BCUT2D eigenvalue weighted by atomic mass is 10.1. The van der Waals surface area contributed by atoms with Crippen molar-refractivity contribution >= 4 is 5.91 Å². The Labute approximate surface area is 89.3 Å². The molecule has 1 fully saturated rings. The Morgan fingerprint density at radius 3 is 2.80 bits per heavy atom. The molecule has 1 heterocycles. The average Bonchev–Trinajstić information content (AvgIpc) is 2.49. The second kappa shape index (κ2) is 4.03. The van der Waals surface area contributed by atoms with E-state index in [0.29, 0.717) is 13.1 Å². The third-order valence-electron chi connectivity index (χ3n) is 2.82. The van der Waals surface area contributed by atoms with Crippen molar-refractivity contribution in [2.75, 3.05) is 6.54 Å². The minimum atomic E-state index is -0.485. The maximum absolute atomic E-state index is 11.5. The van der Waals surface area contributed by atoms with E-state index in [9.17, 15) is 9.90 Å². The van der Waals surface area contributed by atoms with Gasteiger partial charge in [-0.15, -0.1) is 0 Å². The summed E-state index contributed by atoms with van der Waals surface area (Å²) in [5.41, 5.74) is 2.34. The Morgan fingerprint density at radius 2 is 2.20 bits per heavy atom. The first-order valence-electron chi connectivity index (χ1n) is 5.17. The van der Waals surface area contributed by atoms with E-state index in [4.69, 9.17) is 0 Å². The molecular weight excluding hydrogens is 190 g/mol. The van der Waals surface area contributed by atoms with E-state index in [1.54, 1.807) is 4.90 Å². The average molecular weight is 205 g/mol. The molecule has 0 aliphatic carbocycles. The van der Waals surface area contributed by atoms with Crippen LogP contribution in [0.4, 0.5) is 0 Å². The van der Waals surface area contributed by atoms with Crippen molar-refractivity contribution in [2.24, 2.45) is 0 Å². The molecule has 2 rings (SSSR count). The summed E-state index contributed by atoms with van der Waals surface area (Å²) in [4.78, 5) is 13.2. The molecule has 1 unspecified atom stereocenters. The maximum Gasteiger partial charge on any atom is 0.225 e. The lowest BCUT2D eigenvalue weighted by Crippen LogP contribution is -2.25. The first-order chi connectivity index (χ1) is 7.16. The zero-order valence-corrected chi connectivity index (χ0v) is 8.81. The van der Waals surface area contributed by atoms with E-state index in [2.05, 4.69) is 0 Å². The van der Waals surface area contributed by atoms with Gasteiger partial charge < -0.3 is 10.0 Å². The fourth-order valence-electron chi connectivity index (χ4n) is 1.90. The molecule has 1 amide bonds. The molecule has 3 heteroatoms. The minimum absolute atomic E-state index is 0.0470. The Kier molecular flexibility index (Phi) is 2.73. The summed E-state index contributed by atoms with van der Waals surface area (Å²) in [7, 11) is 0. The summed E-state index contributed by atoms with van der Waals surface area (Å²) in [6.45, 7) is 3.11. The predicted molar refractivity (Wildman–Crippen MR) is 57.2 cm³/mol. The van der Waals surface area contributed by atoms with Crippen LogP contribution in [0.25, 0.3) is 0 Å². The van der Waals surface area contributed by atoms with Crippen LogP contribution in [0.15, 0.2) is 24.3 Å². The summed E-state index contributed by atoms with van der Waals surface area (Å²) in [5.74, 6) is 0.0470. The molecule has 0 bridgehead atoms. The Bertz CT molecular complexity index is 376. The van der Waals surface area contributed by atoms with Crippen LogP contribution < -0.4 is 0 Å². The molecule has 1 atom stereocenters. The van der Waals surface area contributed by atoms with Crippen LogP contribution in [0.5, 0.6) is 0 Å². The van der Waals surface area contributed by atoms with E-state index in [0.717, 1.165) is 5.56 Å². The van der Waals surface area contributed by atoms with E-state index in [1.807, 2.05) is 31.2 Å². The number of β-amino-alcohol motifs (C(OH)–C–C–N with tert-alkyl or cyclic N) is 1. The smallest absolute Gasteiger partial charge is 0.225 e. The molecule has 1 aromatic carbocycles. The molecule has 0 spiro atoms. The fraction of sp³-hybridized carbons (Fsp3) is 0.417. The molecule has 1 saturated heterocycles. The number of benzene rings is 1. The van der Waals surface area contributed by atoms with Gasteiger partial charge in [-0.2, -0.15) is 0 Å². The molecule has 15 heavy (non-hydrogen) atoms. The molecular formula is C12H15NO2. The number of aryl methyl sites for hydroxylation is 1. The van der Waals surface area contributed by atoms with Crippen molar-refractivity contribution in [3.8, 4) is 0 Å². The highest BCUT2D eigenvalue weighted by Gasteiger charge is 2.27. The minimum Gasteiger partial charge on any atom is -0.391 e. The standard InChI is InChI=1S/C12H15NO2/c1-9-4-2-3-5-10(9)7-13-8-11(14)6-12(13)15/h2-5,11,14H,6-8H2,1H3. The quantitative estimate of drug-likeness (QED) is 0.785. The summed E-state index contributed by atoms with van der Waals surface area (Å²) in [6.07, 6.45) is -0.215. The number of rotatable bonds is 2. The van der Waals surface area contributed by atoms with Crippen LogP contribution in [-0.2, 0) is 11.3 Å². The first kappa shape index (κ1) is 10.2. The third kappa shape index (κ3) is 2.18. The number of carbonyl (C=O) groups excluding carboxylic acids is 1. The van der Waals surface area contributed by atoms with Crippen LogP contribution in [0, 0.1) is 6.92 Å². The number of amides is 1. The fourth-order valence-corrected chi connectivity index (χ4v) is 1.90. The summed E-state index contributed by atoms with van der Waals surface area (Å²) >= 11 is 0. The highest BCUT2D eigenvalue weighted by molar-refractivity contribution is 5.79. The first-order valence-corrected chi connectivity index (χ1v) is 5.17. The van der Waals surface area contributed by atoms with Crippen LogP contribution in [0.3, 0.4) is 0 Å². The third-order valence-corrected chi connectivity index (χ3v) is 2.82. The van der Waals surface area contributed by atoms with Gasteiger partial charge in [0.1, 0.15) is 0 Å². The SMILES string of the molecule is Cc1ccccc1CN1CC(O)CC1=O. The molecule has 0 radical (unpaired) electrons.